The lowest BCUT2D eigenvalue weighted by molar-refractivity contribution is 0.0949. The van der Waals surface area contributed by atoms with Crippen LogP contribution >= 0.6 is 11.6 Å². The lowest BCUT2D eigenvalue weighted by Gasteiger charge is -2.12. The quantitative estimate of drug-likeness (QED) is 0.274. The molecule has 0 aliphatic carbocycles. The van der Waals surface area contributed by atoms with Crippen LogP contribution < -0.4 is 16.1 Å². The molecule has 0 unspecified atom stereocenters. The molecule has 0 aliphatic rings. The van der Waals surface area contributed by atoms with Crippen molar-refractivity contribution in [2.24, 2.45) is 0 Å². The molecule has 4 N–H and O–H groups in total. The highest BCUT2D eigenvalue weighted by Crippen LogP contribution is 2.31. The molecular weight excluding hydrogens is 485 g/mol. The van der Waals surface area contributed by atoms with Crippen LogP contribution in [0.5, 0.6) is 0 Å². The van der Waals surface area contributed by atoms with Crippen LogP contribution in [0.1, 0.15) is 28.4 Å². The van der Waals surface area contributed by atoms with E-state index in [1.54, 1.807) is 43.3 Å². The maximum Gasteiger partial charge on any atom is 0.409 e. The lowest BCUT2D eigenvalue weighted by atomic mass is 9.96. The summed E-state index contributed by atoms with van der Waals surface area (Å²) in [7, 11) is 0. The van der Waals surface area contributed by atoms with Crippen molar-refractivity contribution in [2.45, 2.75) is 13.5 Å². The number of rotatable bonds is 5. The average molecular weight is 504 g/mol. The third kappa shape index (κ3) is 5.06. The zero-order valence-electron chi connectivity index (χ0n) is 18.9. The maximum absolute atomic E-state index is 15.0. The molecule has 1 heterocycles. The second kappa shape index (κ2) is 10.3. The van der Waals surface area contributed by atoms with Gasteiger partial charge in [-0.1, -0.05) is 41.8 Å². The van der Waals surface area contributed by atoms with Crippen molar-refractivity contribution in [3.05, 3.63) is 98.5 Å². The molecule has 0 spiro atoms. The van der Waals surface area contributed by atoms with Gasteiger partial charge in [0.2, 0.25) is 5.43 Å². The summed E-state index contributed by atoms with van der Waals surface area (Å²) in [4.78, 5) is 39.8. The standard InChI is InChI=1S/C27H19ClFN3O4/c1-2-4-19-18(5-3-6-23(19)32-27(35)36)16-11-20-24(22(29)12-16)30-14-21(25(20)33)26(34)31-13-15-7-9-17(28)10-8-15/h3,5-12,14,32H,13H2,1H3,(H,30,33)(H,31,34)(H,35,36). The number of carbonyl (C=O) groups is 2. The number of hydrogen-bond donors (Lipinski definition) is 4. The first-order chi connectivity index (χ1) is 17.3. The fourth-order valence-corrected chi connectivity index (χ4v) is 3.89. The molecule has 0 radical (unpaired) electrons. The summed E-state index contributed by atoms with van der Waals surface area (Å²) in [6.07, 6.45) is -0.0996. The molecule has 1 aromatic heterocycles. The minimum Gasteiger partial charge on any atom is -0.465 e. The van der Waals surface area contributed by atoms with E-state index < -0.39 is 23.2 Å². The van der Waals surface area contributed by atoms with Gasteiger partial charge in [0.1, 0.15) is 11.4 Å². The first-order valence-electron chi connectivity index (χ1n) is 10.7. The maximum atomic E-state index is 15.0. The van der Waals surface area contributed by atoms with Gasteiger partial charge in [0, 0.05) is 23.2 Å². The van der Waals surface area contributed by atoms with E-state index >= 15 is 4.39 Å². The van der Waals surface area contributed by atoms with E-state index in [4.69, 9.17) is 16.7 Å². The molecule has 7 nitrogen and oxygen atoms in total. The number of benzene rings is 3. The van der Waals surface area contributed by atoms with Crippen LogP contribution in [0.2, 0.25) is 5.02 Å². The van der Waals surface area contributed by atoms with Gasteiger partial charge in [0.05, 0.1) is 16.8 Å². The number of H-pyrrole nitrogens is 1. The summed E-state index contributed by atoms with van der Waals surface area (Å²) in [6, 6.07) is 14.3. The molecular formula is C27H19ClFN3O4. The molecule has 0 fully saturated rings. The number of amides is 2. The zero-order chi connectivity index (χ0) is 25.8. The van der Waals surface area contributed by atoms with Crippen LogP contribution in [-0.4, -0.2) is 22.1 Å². The Labute approximate surface area is 209 Å². The normalized spacial score (nSPS) is 10.4. The molecule has 36 heavy (non-hydrogen) atoms. The van der Waals surface area contributed by atoms with Crippen LogP contribution in [0.4, 0.5) is 14.9 Å². The number of pyridine rings is 1. The topological polar surface area (TPSA) is 111 Å². The zero-order valence-corrected chi connectivity index (χ0v) is 19.7. The Morgan fingerprint density at radius 2 is 1.89 bits per heavy atom. The van der Waals surface area contributed by atoms with Gasteiger partial charge >= 0.3 is 6.09 Å². The van der Waals surface area contributed by atoms with Gasteiger partial charge in [0.25, 0.3) is 5.91 Å². The van der Waals surface area contributed by atoms with Crippen LogP contribution in [-0.2, 0) is 6.54 Å². The molecule has 2 amide bonds. The van der Waals surface area contributed by atoms with Crippen LogP contribution in [0.15, 0.2) is 65.6 Å². The van der Waals surface area contributed by atoms with E-state index in [9.17, 15) is 14.4 Å². The Morgan fingerprint density at radius 3 is 2.58 bits per heavy atom. The summed E-state index contributed by atoms with van der Waals surface area (Å²) < 4.78 is 15.0. The molecule has 4 rings (SSSR count). The number of halogens is 2. The number of aromatic amines is 1. The predicted octanol–water partition coefficient (Wildman–Crippen LogP) is 5.38. The third-order valence-electron chi connectivity index (χ3n) is 5.42. The number of carboxylic acid groups (broad SMARTS) is 1. The second-order valence-electron chi connectivity index (χ2n) is 7.75. The molecule has 0 bridgehead atoms. The highest BCUT2D eigenvalue weighted by Gasteiger charge is 2.18. The van der Waals surface area contributed by atoms with Crippen molar-refractivity contribution in [1.82, 2.24) is 10.3 Å². The van der Waals surface area contributed by atoms with Crippen molar-refractivity contribution in [3.63, 3.8) is 0 Å². The van der Waals surface area contributed by atoms with Gasteiger partial charge in [0.15, 0.2) is 0 Å². The van der Waals surface area contributed by atoms with E-state index in [1.807, 2.05) is 0 Å². The van der Waals surface area contributed by atoms with Crippen LogP contribution in [0.25, 0.3) is 22.0 Å². The Kier molecular flexibility index (Phi) is 7.04. The SMILES string of the molecule is CC#Cc1c(NC(=O)O)cccc1-c1cc(F)c2[nH]cc(C(=O)NCc3ccc(Cl)cc3)c(=O)c2c1. The van der Waals surface area contributed by atoms with Crippen LogP contribution in [0.3, 0.4) is 0 Å². The fourth-order valence-electron chi connectivity index (χ4n) is 3.76. The van der Waals surface area contributed by atoms with Crippen LogP contribution in [0, 0.1) is 17.7 Å². The molecule has 0 atom stereocenters. The Bertz CT molecular complexity index is 1620. The minimum atomic E-state index is -1.28. The number of anilines is 1. The molecule has 3 aromatic carbocycles. The highest BCUT2D eigenvalue weighted by atomic mass is 35.5. The number of carbonyl (C=O) groups excluding carboxylic acids is 1. The lowest BCUT2D eigenvalue weighted by Crippen LogP contribution is -2.28. The third-order valence-corrected chi connectivity index (χ3v) is 5.67. The molecule has 0 saturated carbocycles. The molecule has 0 aliphatic heterocycles. The monoisotopic (exact) mass is 503 g/mol. The number of aromatic nitrogens is 1. The van der Waals surface area contributed by atoms with Crippen molar-refractivity contribution < 1.29 is 19.1 Å². The largest absolute Gasteiger partial charge is 0.465 e. The fraction of sp³-hybridized carbons (Fsp3) is 0.0741. The van der Waals surface area contributed by atoms with Crippen molar-refractivity contribution in [1.29, 1.82) is 0 Å². The van der Waals surface area contributed by atoms with Gasteiger partial charge < -0.3 is 15.4 Å². The molecule has 180 valence electrons. The first kappa shape index (κ1) is 24.5. The minimum absolute atomic E-state index is 0.0313. The van der Waals surface area contributed by atoms with Gasteiger partial charge in [-0.2, -0.15) is 0 Å². The van der Waals surface area contributed by atoms with Gasteiger partial charge in [-0.05, 0) is 53.9 Å². The van der Waals surface area contributed by atoms with E-state index in [2.05, 4.69) is 27.5 Å². The number of fused-ring (bicyclic) bond motifs is 1. The van der Waals surface area contributed by atoms with Gasteiger partial charge in [-0.25, -0.2) is 9.18 Å². The first-order valence-corrected chi connectivity index (χ1v) is 11.1. The molecule has 0 saturated heterocycles. The number of nitrogens with one attached hydrogen (secondary N) is 3. The molecule has 9 heteroatoms. The molecule has 4 aromatic rings. The summed E-state index contributed by atoms with van der Waals surface area (Å²) in [5.41, 5.74) is 1.18. The Hall–Kier alpha value is -4.61. The number of hydrogen-bond acceptors (Lipinski definition) is 3. The second-order valence-corrected chi connectivity index (χ2v) is 8.19. The summed E-state index contributed by atoms with van der Waals surface area (Å²) >= 11 is 5.87. The van der Waals surface area contributed by atoms with E-state index in [1.165, 1.54) is 24.4 Å². The van der Waals surface area contributed by atoms with E-state index in [0.29, 0.717) is 21.7 Å². The van der Waals surface area contributed by atoms with Crippen molar-refractivity contribution in [2.75, 3.05) is 5.32 Å². The van der Waals surface area contributed by atoms with Gasteiger partial charge in [-0.15, -0.1) is 5.92 Å². The highest BCUT2D eigenvalue weighted by molar-refractivity contribution is 6.30. The summed E-state index contributed by atoms with van der Waals surface area (Å²) in [6.45, 7) is 1.76. The van der Waals surface area contributed by atoms with E-state index in [-0.39, 0.29) is 28.7 Å². The predicted molar refractivity (Wildman–Crippen MR) is 137 cm³/mol. The summed E-state index contributed by atoms with van der Waals surface area (Å²) in [5.74, 6) is 4.23. The van der Waals surface area contributed by atoms with Crippen molar-refractivity contribution >= 4 is 40.2 Å². The Balaban J connectivity index is 1.76. The van der Waals surface area contributed by atoms with Crippen molar-refractivity contribution in [3.8, 4) is 23.0 Å². The van der Waals surface area contributed by atoms with Gasteiger partial charge in [-0.3, -0.25) is 14.9 Å². The Morgan fingerprint density at radius 1 is 1.14 bits per heavy atom. The van der Waals surface area contributed by atoms with E-state index in [0.717, 1.165) is 5.56 Å². The smallest absolute Gasteiger partial charge is 0.409 e. The average Bonchev–Trinajstić information content (AvgIpc) is 2.85. The summed E-state index contributed by atoms with van der Waals surface area (Å²) in [5, 5.41) is 14.6.